The number of nitrogens with one attached hydrogen (secondary N) is 1. The van der Waals surface area contributed by atoms with Crippen molar-refractivity contribution in [2.45, 2.75) is 37.8 Å². The highest BCUT2D eigenvalue weighted by atomic mass is 16.5. The Hall–Kier alpha value is -0.160. The first-order valence-electron chi connectivity index (χ1n) is 6.80. The lowest BCUT2D eigenvalue weighted by Crippen LogP contribution is -2.35. The van der Waals surface area contributed by atoms with E-state index in [0.717, 1.165) is 45.2 Å². The molecule has 0 aromatic heterocycles. The first kappa shape index (κ1) is 13.3. The number of rotatable bonds is 8. The average molecular weight is 243 g/mol. The molecule has 2 aliphatic rings. The van der Waals surface area contributed by atoms with Gasteiger partial charge in [0.1, 0.15) is 0 Å². The second kappa shape index (κ2) is 7.31. The first-order chi connectivity index (χ1) is 8.38. The standard InChI is InChI=1S/C13H25NO3/c1-15-10-13(8-14-12-2-3-12)17-9-11-4-6-16-7-5-11/h11-14H,2-10H2,1H3. The first-order valence-corrected chi connectivity index (χ1v) is 6.80. The van der Waals surface area contributed by atoms with Crippen LogP contribution in [0.2, 0.25) is 0 Å². The van der Waals surface area contributed by atoms with Crippen LogP contribution in [-0.4, -0.2) is 52.2 Å². The van der Waals surface area contributed by atoms with Crippen molar-refractivity contribution in [3.63, 3.8) is 0 Å². The third kappa shape index (κ3) is 5.34. The van der Waals surface area contributed by atoms with Gasteiger partial charge in [0.05, 0.1) is 19.3 Å². The van der Waals surface area contributed by atoms with Gasteiger partial charge in [0.2, 0.25) is 0 Å². The maximum Gasteiger partial charge on any atom is 0.0932 e. The van der Waals surface area contributed by atoms with Gasteiger partial charge in [0.15, 0.2) is 0 Å². The summed E-state index contributed by atoms with van der Waals surface area (Å²) >= 11 is 0. The molecule has 17 heavy (non-hydrogen) atoms. The van der Waals surface area contributed by atoms with Gasteiger partial charge in [-0.2, -0.15) is 0 Å². The van der Waals surface area contributed by atoms with Crippen molar-refractivity contribution >= 4 is 0 Å². The lowest BCUT2D eigenvalue weighted by molar-refractivity contribution is -0.0369. The van der Waals surface area contributed by atoms with Crippen LogP contribution in [0.25, 0.3) is 0 Å². The summed E-state index contributed by atoms with van der Waals surface area (Å²) in [7, 11) is 1.74. The maximum atomic E-state index is 5.96. The normalized spacial score (nSPS) is 23.8. The third-order valence-corrected chi connectivity index (χ3v) is 3.47. The number of methoxy groups -OCH3 is 1. The van der Waals surface area contributed by atoms with Crippen molar-refractivity contribution in [3.8, 4) is 0 Å². The minimum absolute atomic E-state index is 0.198. The fourth-order valence-electron chi connectivity index (χ4n) is 2.12. The van der Waals surface area contributed by atoms with Crippen molar-refractivity contribution in [1.29, 1.82) is 0 Å². The summed E-state index contributed by atoms with van der Waals surface area (Å²) in [6, 6.07) is 0.737. The monoisotopic (exact) mass is 243 g/mol. The van der Waals surface area contributed by atoms with Crippen molar-refractivity contribution in [1.82, 2.24) is 5.32 Å². The fourth-order valence-corrected chi connectivity index (χ4v) is 2.12. The van der Waals surface area contributed by atoms with Gasteiger partial charge >= 0.3 is 0 Å². The molecule has 0 bridgehead atoms. The molecule has 1 N–H and O–H groups in total. The van der Waals surface area contributed by atoms with Gasteiger partial charge in [-0.3, -0.25) is 0 Å². The number of hydrogen-bond acceptors (Lipinski definition) is 4. The predicted octanol–water partition coefficient (Wildman–Crippen LogP) is 1.20. The SMILES string of the molecule is COCC(CNC1CC1)OCC1CCOCC1. The van der Waals surface area contributed by atoms with Crippen LogP contribution in [0.15, 0.2) is 0 Å². The lowest BCUT2D eigenvalue weighted by Gasteiger charge is -2.25. The van der Waals surface area contributed by atoms with Crippen LogP contribution < -0.4 is 5.32 Å². The molecule has 1 aliphatic heterocycles. The van der Waals surface area contributed by atoms with Crippen molar-refractivity contribution in [2.24, 2.45) is 5.92 Å². The van der Waals surface area contributed by atoms with Crippen LogP contribution in [0.4, 0.5) is 0 Å². The molecule has 1 heterocycles. The molecule has 1 aliphatic carbocycles. The van der Waals surface area contributed by atoms with E-state index in [-0.39, 0.29) is 6.10 Å². The summed E-state index contributed by atoms with van der Waals surface area (Å²) < 4.78 is 16.5. The van der Waals surface area contributed by atoms with Crippen molar-refractivity contribution in [3.05, 3.63) is 0 Å². The van der Waals surface area contributed by atoms with E-state index in [0.29, 0.717) is 12.5 Å². The molecule has 0 radical (unpaired) electrons. The van der Waals surface area contributed by atoms with Gasteiger partial charge < -0.3 is 19.5 Å². The van der Waals surface area contributed by atoms with E-state index in [1.165, 1.54) is 12.8 Å². The molecule has 100 valence electrons. The van der Waals surface area contributed by atoms with Crippen LogP contribution in [0, 0.1) is 5.92 Å². The summed E-state index contributed by atoms with van der Waals surface area (Å²) in [6.45, 7) is 4.24. The van der Waals surface area contributed by atoms with Crippen LogP contribution in [0.1, 0.15) is 25.7 Å². The third-order valence-electron chi connectivity index (χ3n) is 3.47. The van der Waals surface area contributed by atoms with Gasteiger partial charge in [-0.15, -0.1) is 0 Å². The van der Waals surface area contributed by atoms with Crippen molar-refractivity contribution in [2.75, 3.05) is 40.1 Å². The predicted molar refractivity (Wildman–Crippen MR) is 66.2 cm³/mol. The topological polar surface area (TPSA) is 39.7 Å². The smallest absolute Gasteiger partial charge is 0.0932 e. The molecule has 2 fully saturated rings. The second-order valence-corrected chi connectivity index (χ2v) is 5.15. The Morgan fingerprint density at radius 3 is 2.65 bits per heavy atom. The minimum atomic E-state index is 0.198. The molecule has 1 atom stereocenters. The molecule has 2 rings (SSSR count). The van der Waals surface area contributed by atoms with E-state index in [1.807, 2.05) is 0 Å². The highest BCUT2D eigenvalue weighted by molar-refractivity contribution is 4.82. The molecule has 0 aromatic carbocycles. The molecule has 4 nitrogen and oxygen atoms in total. The molecule has 1 unspecified atom stereocenters. The van der Waals surface area contributed by atoms with E-state index in [2.05, 4.69) is 5.32 Å². The quantitative estimate of drug-likeness (QED) is 0.695. The second-order valence-electron chi connectivity index (χ2n) is 5.15. The summed E-state index contributed by atoms with van der Waals surface area (Å²) in [6.07, 6.45) is 5.11. The molecule has 1 saturated carbocycles. The van der Waals surface area contributed by atoms with Gasteiger partial charge in [-0.1, -0.05) is 0 Å². The van der Waals surface area contributed by atoms with Gasteiger partial charge in [0.25, 0.3) is 0 Å². The van der Waals surface area contributed by atoms with E-state index < -0.39 is 0 Å². The molecule has 0 aromatic rings. The van der Waals surface area contributed by atoms with Crippen LogP contribution in [0.5, 0.6) is 0 Å². The zero-order valence-electron chi connectivity index (χ0n) is 10.8. The van der Waals surface area contributed by atoms with Crippen LogP contribution >= 0.6 is 0 Å². The van der Waals surface area contributed by atoms with Crippen molar-refractivity contribution < 1.29 is 14.2 Å². The Kier molecular flexibility index (Phi) is 5.71. The molecule has 1 saturated heterocycles. The summed E-state index contributed by atoms with van der Waals surface area (Å²) in [5.74, 6) is 0.670. The maximum absolute atomic E-state index is 5.96. The van der Waals surface area contributed by atoms with E-state index in [1.54, 1.807) is 7.11 Å². The lowest BCUT2D eigenvalue weighted by atomic mass is 10.0. The molecule has 0 amide bonds. The van der Waals surface area contributed by atoms with E-state index in [9.17, 15) is 0 Å². The Bertz CT molecular complexity index is 203. The Balaban J connectivity index is 1.60. The zero-order chi connectivity index (χ0) is 11.9. The largest absolute Gasteiger partial charge is 0.382 e. The highest BCUT2D eigenvalue weighted by Gasteiger charge is 2.23. The fraction of sp³-hybridized carbons (Fsp3) is 1.00. The van der Waals surface area contributed by atoms with Gasteiger partial charge in [-0.05, 0) is 31.6 Å². The zero-order valence-corrected chi connectivity index (χ0v) is 10.8. The number of ether oxygens (including phenoxy) is 3. The van der Waals surface area contributed by atoms with Crippen LogP contribution in [-0.2, 0) is 14.2 Å². The summed E-state index contributed by atoms with van der Waals surface area (Å²) in [5.41, 5.74) is 0. The van der Waals surface area contributed by atoms with Gasteiger partial charge in [0, 0.05) is 32.9 Å². The summed E-state index contributed by atoms with van der Waals surface area (Å²) in [5, 5.41) is 3.50. The molecule has 4 heteroatoms. The molecular formula is C13H25NO3. The average Bonchev–Trinajstić information content (AvgIpc) is 3.18. The van der Waals surface area contributed by atoms with E-state index in [4.69, 9.17) is 14.2 Å². The minimum Gasteiger partial charge on any atom is -0.382 e. The molecule has 0 spiro atoms. The van der Waals surface area contributed by atoms with Crippen LogP contribution in [0.3, 0.4) is 0 Å². The Morgan fingerprint density at radius 2 is 2.00 bits per heavy atom. The summed E-state index contributed by atoms with van der Waals surface area (Å²) in [4.78, 5) is 0. The Morgan fingerprint density at radius 1 is 1.24 bits per heavy atom. The van der Waals surface area contributed by atoms with E-state index >= 15 is 0 Å². The number of hydrogen-bond donors (Lipinski definition) is 1. The highest BCUT2D eigenvalue weighted by Crippen LogP contribution is 2.19. The Labute approximate surface area is 104 Å². The van der Waals surface area contributed by atoms with Gasteiger partial charge in [-0.25, -0.2) is 0 Å². The molecular weight excluding hydrogens is 218 g/mol.